The Bertz CT molecular complexity index is 362. The van der Waals surface area contributed by atoms with Crippen molar-refractivity contribution in [2.75, 3.05) is 0 Å². The Morgan fingerprint density at radius 3 is 2.93 bits per heavy atom. The van der Waals surface area contributed by atoms with Crippen LogP contribution in [0.1, 0.15) is 12.0 Å². The second kappa shape index (κ2) is 3.65. The summed E-state index contributed by atoms with van der Waals surface area (Å²) in [7, 11) is 0. The van der Waals surface area contributed by atoms with Gasteiger partial charge in [0.25, 0.3) is 0 Å². The SMILES string of the molecule is Cc1cccc(SC2CC2C(=O)O)c1. The molecule has 0 heterocycles. The highest BCUT2D eigenvalue weighted by Crippen LogP contribution is 2.45. The van der Waals surface area contributed by atoms with Crippen molar-refractivity contribution in [2.24, 2.45) is 5.92 Å². The molecule has 1 aromatic rings. The number of carboxylic acids is 1. The smallest absolute Gasteiger partial charge is 0.307 e. The predicted octanol–water partition coefficient (Wildman–Crippen LogP) is 2.56. The minimum absolute atomic E-state index is 0.125. The highest BCUT2D eigenvalue weighted by molar-refractivity contribution is 8.00. The molecule has 2 rings (SSSR count). The van der Waals surface area contributed by atoms with E-state index >= 15 is 0 Å². The van der Waals surface area contributed by atoms with Crippen molar-refractivity contribution < 1.29 is 9.90 Å². The first-order valence-corrected chi connectivity index (χ1v) is 5.51. The molecule has 0 bridgehead atoms. The van der Waals surface area contributed by atoms with Gasteiger partial charge in [0.1, 0.15) is 0 Å². The largest absolute Gasteiger partial charge is 0.481 e. The number of aliphatic carboxylic acids is 1. The highest BCUT2D eigenvalue weighted by atomic mass is 32.2. The molecule has 0 aromatic heterocycles. The topological polar surface area (TPSA) is 37.3 Å². The van der Waals surface area contributed by atoms with Crippen LogP contribution in [-0.4, -0.2) is 16.3 Å². The summed E-state index contributed by atoms with van der Waals surface area (Å²) >= 11 is 1.68. The molecule has 74 valence electrons. The molecule has 1 N–H and O–H groups in total. The monoisotopic (exact) mass is 208 g/mol. The third-order valence-electron chi connectivity index (χ3n) is 2.33. The van der Waals surface area contributed by atoms with Crippen molar-refractivity contribution in [2.45, 2.75) is 23.5 Å². The zero-order valence-electron chi connectivity index (χ0n) is 7.93. The summed E-state index contributed by atoms with van der Waals surface area (Å²) in [4.78, 5) is 11.8. The number of rotatable bonds is 3. The summed E-state index contributed by atoms with van der Waals surface area (Å²) in [6.45, 7) is 2.05. The van der Waals surface area contributed by atoms with Gasteiger partial charge in [0.2, 0.25) is 0 Å². The van der Waals surface area contributed by atoms with Crippen LogP contribution in [0.5, 0.6) is 0 Å². The van der Waals surface area contributed by atoms with Gasteiger partial charge in [-0.25, -0.2) is 0 Å². The van der Waals surface area contributed by atoms with Gasteiger partial charge >= 0.3 is 5.97 Å². The Kier molecular flexibility index (Phi) is 2.50. The standard InChI is InChI=1S/C11H12O2S/c1-7-3-2-4-8(5-7)14-10-6-9(10)11(12)13/h2-5,9-10H,6H2,1H3,(H,12,13). The molecular weight excluding hydrogens is 196 g/mol. The van der Waals surface area contributed by atoms with Crippen molar-refractivity contribution >= 4 is 17.7 Å². The Morgan fingerprint density at radius 1 is 1.57 bits per heavy atom. The average molecular weight is 208 g/mol. The van der Waals surface area contributed by atoms with E-state index in [2.05, 4.69) is 6.07 Å². The molecule has 1 aromatic carbocycles. The Labute approximate surface area is 87.3 Å². The third kappa shape index (κ3) is 2.10. The zero-order chi connectivity index (χ0) is 10.1. The van der Waals surface area contributed by atoms with Gasteiger partial charge in [-0.1, -0.05) is 17.7 Å². The van der Waals surface area contributed by atoms with Crippen molar-refractivity contribution in [1.29, 1.82) is 0 Å². The normalized spacial score (nSPS) is 24.6. The molecule has 0 aliphatic heterocycles. The van der Waals surface area contributed by atoms with E-state index in [1.54, 1.807) is 11.8 Å². The van der Waals surface area contributed by atoms with Gasteiger partial charge in [-0.15, -0.1) is 11.8 Å². The van der Waals surface area contributed by atoms with Crippen molar-refractivity contribution in [3.8, 4) is 0 Å². The Balaban J connectivity index is 1.97. The lowest BCUT2D eigenvalue weighted by atomic mass is 10.2. The molecule has 0 saturated heterocycles. The number of carbonyl (C=O) groups is 1. The van der Waals surface area contributed by atoms with E-state index in [0.29, 0.717) is 0 Å². The number of hydrogen-bond donors (Lipinski definition) is 1. The fourth-order valence-corrected chi connectivity index (χ4v) is 2.77. The zero-order valence-corrected chi connectivity index (χ0v) is 8.75. The Morgan fingerprint density at radius 2 is 2.36 bits per heavy atom. The van der Waals surface area contributed by atoms with Crippen LogP contribution in [0.15, 0.2) is 29.2 Å². The first kappa shape index (κ1) is 9.59. The second-order valence-corrected chi connectivity index (χ2v) is 4.97. The third-order valence-corrected chi connectivity index (χ3v) is 3.68. The summed E-state index contributed by atoms with van der Waals surface area (Å²) in [6.07, 6.45) is 0.813. The molecule has 1 aliphatic carbocycles. The molecule has 2 unspecified atom stereocenters. The van der Waals surface area contributed by atoms with Crippen molar-refractivity contribution in [3.63, 3.8) is 0 Å². The van der Waals surface area contributed by atoms with Crippen LogP contribution in [0.2, 0.25) is 0 Å². The average Bonchev–Trinajstić information content (AvgIpc) is 2.84. The van der Waals surface area contributed by atoms with Gasteiger partial charge in [-0.3, -0.25) is 4.79 Å². The van der Waals surface area contributed by atoms with Gasteiger partial charge < -0.3 is 5.11 Å². The van der Waals surface area contributed by atoms with Crippen LogP contribution in [-0.2, 0) is 4.79 Å². The van der Waals surface area contributed by atoms with E-state index < -0.39 is 5.97 Å². The molecule has 1 saturated carbocycles. The second-order valence-electron chi connectivity index (χ2n) is 3.65. The maximum Gasteiger partial charge on any atom is 0.307 e. The summed E-state index contributed by atoms with van der Waals surface area (Å²) in [6, 6.07) is 8.19. The molecule has 1 fully saturated rings. The maximum absolute atomic E-state index is 10.6. The van der Waals surface area contributed by atoms with E-state index in [1.165, 1.54) is 10.5 Å². The molecule has 0 spiro atoms. The maximum atomic E-state index is 10.6. The quantitative estimate of drug-likeness (QED) is 0.829. The predicted molar refractivity (Wildman–Crippen MR) is 56.6 cm³/mol. The molecular formula is C11H12O2S. The van der Waals surface area contributed by atoms with E-state index in [9.17, 15) is 4.79 Å². The summed E-state index contributed by atoms with van der Waals surface area (Å²) < 4.78 is 0. The molecule has 0 radical (unpaired) electrons. The molecule has 2 atom stereocenters. The molecule has 1 aliphatic rings. The number of aryl methyl sites for hydroxylation is 1. The first-order valence-electron chi connectivity index (χ1n) is 4.63. The van der Waals surface area contributed by atoms with Crippen LogP contribution < -0.4 is 0 Å². The van der Waals surface area contributed by atoms with Crippen LogP contribution in [0, 0.1) is 12.8 Å². The summed E-state index contributed by atoms with van der Waals surface area (Å²) in [5.74, 6) is -0.782. The van der Waals surface area contributed by atoms with Gasteiger partial charge in [-0.2, -0.15) is 0 Å². The molecule has 0 amide bonds. The van der Waals surface area contributed by atoms with Gasteiger partial charge in [0, 0.05) is 10.1 Å². The molecule has 14 heavy (non-hydrogen) atoms. The van der Waals surface area contributed by atoms with Crippen LogP contribution in [0.3, 0.4) is 0 Å². The highest BCUT2D eigenvalue weighted by Gasteiger charge is 2.43. The number of hydrogen-bond acceptors (Lipinski definition) is 2. The van der Waals surface area contributed by atoms with E-state index in [0.717, 1.165) is 6.42 Å². The number of carboxylic acid groups (broad SMARTS) is 1. The molecule has 2 nitrogen and oxygen atoms in total. The van der Waals surface area contributed by atoms with E-state index in [-0.39, 0.29) is 11.2 Å². The van der Waals surface area contributed by atoms with Crippen LogP contribution in [0.4, 0.5) is 0 Å². The van der Waals surface area contributed by atoms with Gasteiger partial charge in [-0.05, 0) is 25.5 Å². The van der Waals surface area contributed by atoms with E-state index in [4.69, 9.17) is 5.11 Å². The van der Waals surface area contributed by atoms with E-state index in [1.807, 2.05) is 25.1 Å². The number of thioether (sulfide) groups is 1. The fourth-order valence-electron chi connectivity index (χ4n) is 1.43. The van der Waals surface area contributed by atoms with Crippen molar-refractivity contribution in [1.82, 2.24) is 0 Å². The lowest BCUT2D eigenvalue weighted by Crippen LogP contribution is -1.99. The lowest BCUT2D eigenvalue weighted by Gasteiger charge is -2.00. The van der Waals surface area contributed by atoms with Gasteiger partial charge in [0.05, 0.1) is 5.92 Å². The fraction of sp³-hybridized carbons (Fsp3) is 0.364. The molecule has 3 heteroatoms. The van der Waals surface area contributed by atoms with Crippen LogP contribution in [0.25, 0.3) is 0 Å². The minimum atomic E-state index is -0.657. The van der Waals surface area contributed by atoms with Crippen LogP contribution >= 0.6 is 11.8 Å². The Hall–Kier alpha value is -0.960. The lowest BCUT2D eigenvalue weighted by molar-refractivity contribution is -0.138. The summed E-state index contributed by atoms with van der Waals surface area (Å²) in [5.41, 5.74) is 1.22. The first-order chi connectivity index (χ1) is 6.66. The van der Waals surface area contributed by atoms with Crippen molar-refractivity contribution in [3.05, 3.63) is 29.8 Å². The minimum Gasteiger partial charge on any atom is -0.481 e. The summed E-state index contributed by atoms with van der Waals surface area (Å²) in [5, 5.41) is 9.03. The van der Waals surface area contributed by atoms with Gasteiger partial charge in [0.15, 0.2) is 0 Å². The number of benzene rings is 1.